The second-order valence-corrected chi connectivity index (χ2v) is 10.2. The van der Waals surface area contributed by atoms with E-state index in [9.17, 15) is 24.6 Å². The molecule has 0 spiro atoms. The molecule has 4 N–H and O–H groups in total. The smallest absolute Gasteiger partial charge is 0.408 e. The maximum absolute atomic E-state index is 13.7. The van der Waals surface area contributed by atoms with Crippen LogP contribution in [0.15, 0.2) is 24.3 Å². The van der Waals surface area contributed by atoms with Gasteiger partial charge >= 0.3 is 6.09 Å². The molecule has 0 saturated heterocycles. The van der Waals surface area contributed by atoms with Crippen LogP contribution < -0.4 is 10.6 Å². The van der Waals surface area contributed by atoms with Gasteiger partial charge in [0.25, 0.3) is 0 Å². The Balaban J connectivity index is 2.43. The lowest BCUT2D eigenvalue weighted by Crippen LogP contribution is -2.57. The van der Waals surface area contributed by atoms with Gasteiger partial charge in [0.2, 0.25) is 11.8 Å². The standard InChI is InChI=1S/C26H41N3O6/c1-6-17(2)29(24(33)20(16-30)28-25(34)35-26(3,4)5)22(19-14-10-11-15-21(19)31)23(32)27-18-12-8-7-9-13-18/h10-11,14-15,17-18,20,22,30-31H,6-9,12-13,16H2,1-5H3,(H,27,32)(H,28,34). The number of carbonyl (C=O) groups is 3. The molecule has 196 valence electrons. The van der Waals surface area contributed by atoms with E-state index < -0.39 is 48.2 Å². The van der Waals surface area contributed by atoms with E-state index >= 15 is 0 Å². The van der Waals surface area contributed by atoms with Gasteiger partial charge < -0.3 is 30.5 Å². The number of nitrogens with one attached hydrogen (secondary N) is 2. The number of benzene rings is 1. The van der Waals surface area contributed by atoms with Gasteiger partial charge in [-0.3, -0.25) is 9.59 Å². The van der Waals surface area contributed by atoms with Gasteiger partial charge in [0.05, 0.1) is 6.61 Å². The summed E-state index contributed by atoms with van der Waals surface area (Å²) in [6.07, 6.45) is 4.54. The molecular formula is C26H41N3O6. The fourth-order valence-electron chi connectivity index (χ4n) is 4.27. The number of para-hydroxylation sites is 1. The minimum absolute atomic E-state index is 0.00739. The van der Waals surface area contributed by atoms with E-state index in [4.69, 9.17) is 4.74 Å². The summed E-state index contributed by atoms with van der Waals surface area (Å²) in [4.78, 5) is 41.1. The average molecular weight is 492 g/mol. The van der Waals surface area contributed by atoms with Crippen molar-refractivity contribution < 1.29 is 29.3 Å². The van der Waals surface area contributed by atoms with Crippen molar-refractivity contribution >= 4 is 17.9 Å². The molecule has 1 aliphatic carbocycles. The summed E-state index contributed by atoms with van der Waals surface area (Å²) in [7, 11) is 0. The molecule has 0 aromatic heterocycles. The Morgan fingerprint density at radius 3 is 2.31 bits per heavy atom. The van der Waals surface area contributed by atoms with Crippen LogP contribution in [0.4, 0.5) is 4.79 Å². The molecule has 0 heterocycles. The summed E-state index contributed by atoms with van der Waals surface area (Å²) in [5.74, 6) is -1.15. The molecule has 3 atom stereocenters. The summed E-state index contributed by atoms with van der Waals surface area (Å²) >= 11 is 0. The highest BCUT2D eigenvalue weighted by atomic mass is 16.6. The van der Waals surface area contributed by atoms with Crippen LogP contribution in [-0.4, -0.2) is 63.4 Å². The zero-order valence-electron chi connectivity index (χ0n) is 21.5. The van der Waals surface area contributed by atoms with Gasteiger partial charge in [-0.05, 0) is 53.0 Å². The van der Waals surface area contributed by atoms with Crippen LogP contribution in [0.3, 0.4) is 0 Å². The van der Waals surface area contributed by atoms with E-state index in [1.165, 1.54) is 11.0 Å². The third-order valence-electron chi connectivity index (χ3n) is 6.20. The number of ether oxygens (including phenoxy) is 1. The first-order chi connectivity index (χ1) is 16.5. The normalized spacial score (nSPS) is 17.1. The molecule has 1 aliphatic rings. The summed E-state index contributed by atoms with van der Waals surface area (Å²) in [6, 6.07) is 3.51. The Kier molecular flexibility index (Phi) is 10.4. The highest BCUT2D eigenvalue weighted by molar-refractivity contribution is 5.93. The second-order valence-electron chi connectivity index (χ2n) is 10.2. The van der Waals surface area contributed by atoms with Crippen LogP contribution in [0.2, 0.25) is 0 Å². The van der Waals surface area contributed by atoms with E-state index in [0.29, 0.717) is 6.42 Å². The molecule has 0 radical (unpaired) electrons. The van der Waals surface area contributed by atoms with Crippen molar-refractivity contribution in [1.29, 1.82) is 0 Å². The van der Waals surface area contributed by atoms with E-state index in [1.807, 2.05) is 6.92 Å². The van der Waals surface area contributed by atoms with Crippen molar-refractivity contribution in [3.8, 4) is 5.75 Å². The molecule has 9 heteroatoms. The summed E-state index contributed by atoms with van der Waals surface area (Å²) in [6.45, 7) is 8.07. The molecule has 1 saturated carbocycles. The van der Waals surface area contributed by atoms with Gasteiger partial charge in [-0.15, -0.1) is 0 Å². The molecule has 3 amide bonds. The Hall–Kier alpha value is -2.81. The Labute approximate surface area is 208 Å². The van der Waals surface area contributed by atoms with Crippen LogP contribution in [-0.2, 0) is 14.3 Å². The lowest BCUT2D eigenvalue weighted by molar-refractivity contribution is -0.146. The van der Waals surface area contributed by atoms with Crippen molar-refractivity contribution in [1.82, 2.24) is 15.5 Å². The molecule has 9 nitrogen and oxygen atoms in total. The quantitative estimate of drug-likeness (QED) is 0.419. The third-order valence-corrected chi connectivity index (χ3v) is 6.20. The number of alkyl carbamates (subject to hydrolysis) is 1. The first-order valence-corrected chi connectivity index (χ1v) is 12.5. The lowest BCUT2D eigenvalue weighted by atomic mass is 9.94. The van der Waals surface area contributed by atoms with Crippen LogP contribution in [0.1, 0.15) is 84.7 Å². The van der Waals surface area contributed by atoms with Gasteiger partial charge in [-0.1, -0.05) is 44.4 Å². The maximum Gasteiger partial charge on any atom is 0.408 e. The second kappa shape index (κ2) is 12.8. The number of carbonyl (C=O) groups excluding carboxylic acids is 3. The minimum Gasteiger partial charge on any atom is -0.508 e. The van der Waals surface area contributed by atoms with Crippen molar-refractivity contribution in [2.75, 3.05) is 6.61 Å². The fourth-order valence-corrected chi connectivity index (χ4v) is 4.27. The number of phenolic OH excluding ortho intramolecular Hbond substituents is 1. The number of hydrogen-bond acceptors (Lipinski definition) is 6. The molecule has 0 aliphatic heterocycles. The highest BCUT2D eigenvalue weighted by Crippen LogP contribution is 2.32. The zero-order chi connectivity index (χ0) is 26.2. The summed E-state index contributed by atoms with van der Waals surface area (Å²) in [5, 5.41) is 26.1. The number of aliphatic hydroxyl groups is 1. The lowest BCUT2D eigenvalue weighted by Gasteiger charge is -2.38. The van der Waals surface area contributed by atoms with E-state index in [1.54, 1.807) is 45.9 Å². The maximum atomic E-state index is 13.7. The van der Waals surface area contributed by atoms with Gasteiger partial charge in [-0.2, -0.15) is 0 Å². The monoisotopic (exact) mass is 491 g/mol. The first kappa shape index (κ1) is 28.4. The zero-order valence-corrected chi connectivity index (χ0v) is 21.5. The Morgan fingerprint density at radius 2 is 1.77 bits per heavy atom. The number of rotatable bonds is 9. The van der Waals surface area contributed by atoms with E-state index in [0.717, 1.165) is 32.1 Å². The van der Waals surface area contributed by atoms with E-state index in [2.05, 4.69) is 10.6 Å². The molecule has 0 bridgehead atoms. The highest BCUT2D eigenvalue weighted by Gasteiger charge is 2.40. The number of aromatic hydroxyl groups is 1. The van der Waals surface area contributed by atoms with Crippen LogP contribution in [0.25, 0.3) is 0 Å². The van der Waals surface area contributed by atoms with Crippen LogP contribution >= 0.6 is 0 Å². The van der Waals surface area contributed by atoms with Gasteiger partial charge in [0, 0.05) is 17.6 Å². The fraction of sp³-hybridized carbons (Fsp3) is 0.654. The first-order valence-electron chi connectivity index (χ1n) is 12.5. The van der Waals surface area contributed by atoms with Gasteiger partial charge in [0.15, 0.2) is 0 Å². The number of aliphatic hydroxyl groups excluding tert-OH is 1. The summed E-state index contributed by atoms with van der Waals surface area (Å²) in [5.41, 5.74) is -0.509. The van der Waals surface area contributed by atoms with Crippen molar-refractivity contribution in [2.24, 2.45) is 0 Å². The SMILES string of the molecule is CCC(C)N(C(=O)C(CO)NC(=O)OC(C)(C)C)C(C(=O)NC1CCCCC1)c1ccccc1O. The van der Waals surface area contributed by atoms with Crippen molar-refractivity contribution in [3.05, 3.63) is 29.8 Å². The molecule has 35 heavy (non-hydrogen) atoms. The average Bonchev–Trinajstić information content (AvgIpc) is 2.80. The van der Waals surface area contributed by atoms with Gasteiger partial charge in [-0.25, -0.2) is 4.79 Å². The summed E-state index contributed by atoms with van der Waals surface area (Å²) < 4.78 is 5.25. The van der Waals surface area contributed by atoms with Crippen molar-refractivity contribution in [3.63, 3.8) is 0 Å². The molecular weight excluding hydrogens is 450 g/mol. The van der Waals surface area contributed by atoms with E-state index in [-0.39, 0.29) is 17.4 Å². The molecule has 1 fully saturated rings. The molecule has 2 rings (SSSR count). The molecule has 1 aromatic carbocycles. The minimum atomic E-state index is -1.32. The van der Waals surface area contributed by atoms with Crippen molar-refractivity contribution in [2.45, 2.75) is 103 Å². The number of phenols is 1. The third kappa shape index (κ3) is 8.13. The topological polar surface area (TPSA) is 128 Å². The van der Waals surface area contributed by atoms with Gasteiger partial charge in [0.1, 0.15) is 23.4 Å². The Bertz CT molecular complexity index is 863. The Morgan fingerprint density at radius 1 is 1.14 bits per heavy atom. The predicted octanol–water partition coefficient (Wildman–Crippen LogP) is 3.39. The van der Waals surface area contributed by atoms with Crippen LogP contribution in [0, 0.1) is 0 Å². The largest absolute Gasteiger partial charge is 0.508 e. The molecule has 3 unspecified atom stereocenters. The number of hydrogen-bond donors (Lipinski definition) is 4. The molecule has 1 aromatic rings. The number of nitrogens with zero attached hydrogens (tertiary/aromatic N) is 1. The van der Waals surface area contributed by atoms with Crippen LogP contribution in [0.5, 0.6) is 5.75 Å². The number of amides is 3. The predicted molar refractivity (Wildman–Crippen MR) is 133 cm³/mol.